The number of aliphatic hydroxyl groups is 1. The highest BCUT2D eigenvalue weighted by molar-refractivity contribution is 5.43. The molecule has 21 heavy (non-hydrogen) atoms. The first-order valence-electron chi connectivity index (χ1n) is 7.02. The Labute approximate surface area is 121 Å². The fourth-order valence-corrected chi connectivity index (χ4v) is 2.41. The van der Waals surface area contributed by atoms with E-state index in [4.69, 9.17) is 0 Å². The zero-order valence-electron chi connectivity index (χ0n) is 11.7. The van der Waals surface area contributed by atoms with Crippen molar-refractivity contribution < 1.29 is 18.3 Å². The van der Waals surface area contributed by atoms with E-state index in [9.17, 15) is 18.3 Å². The summed E-state index contributed by atoms with van der Waals surface area (Å²) in [6.07, 6.45) is -2.36. The second-order valence-corrected chi connectivity index (χ2v) is 5.13. The predicted molar refractivity (Wildman–Crippen MR) is 73.0 cm³/mol. The van der Waals surface area contributed by atoms with E-state index in [1.54, 1.807) is 6.92 Å². The van der Waals surface area contributed by atoms with Gasteiger partial charge in [-0.25, -0.2) is 4.98 Å². The van der Waals surface area contributed by atoms with Crippen molar-refractivity contribution >= 4 is 11.8 Å². The molecule has 0 radical (unpaired) electrons. The molecular formula is C13H19F3N4O. The van der Waals surface area contributed by atoms with Gasteiger partial charge in [-0.1, -0.05) is 6.42 Å². The van der Waals surface area contributed by atoms with Crippen molar-refractivity contribution in [3.63, 3.8) is 0 Å². The predicted octanol–water partition coefficient (Wildman–Crippen LogP) is 2.50. The molecule has 1 aromatic rings. The minimum Gasteiger partial charge on any atom is -0.393 e. The number of hydrogen-bond donors (Lipinski definition) is 3. The monoisotopic (exact) mass is 304 g/mol. The van der Waals surface area contributed by atoms with Crippen LogP contribution in [0.15, 0.2) is 6.07 Å². The molecule has 0 aromatic carbocycles. The summed E-state index contributed by atoms with van der Waals surface area (Å²) in [7, 11) is 0. The summed E-state index contributed by atoms with van der Waals surface area (Å²) >= 11 is 0. The average Bonchev–Trinajstić information content (AvgIpc) is 2.81. The third kappa shape index (κ3) is 4.20. The van der Waals surface area contributed by atoms with E-state index in [0.29, 0.717) is 13.1 Å². The van der Waals surface area contributed by atoms with Crippen LogP contribution in [0.2, 0.25) is 0 Å². The lowest BCUT2D eigenvalue weighted by Gasteiger charge is -2.17. The lowest BCUT2D eigenvalue weighted by Crippen LogP contribution is -2.23. The molecule has 0 aliphatic heterocycles. The number of rotatable bonds is 5. The molecule has 5 nitrogen and oxygen atoms in total. The summed E-state index contributed by atoms with van der Waals surface area (Å²) in [5.74, 6) is 0.117. The van der Waals surface area contributed by atoms with E-state index in [0.717, 1.165) is 25.3 Å². The Morgan fingerprint density at radius 2 is 2.05 bits per heavy atom. The van der Waals surface area contributed by atoms with E-state index < -0.39 is 18.0 Å². The molecule has 2 atom stereocenters. The van der Waals surface area contributed by atoms with Gasteiger partial charge >= 0.3 is 6.18 Å². The van der Waals surface area contributed by atoms with Crippen LogP contribution in [-0.4, -0.2) is 34.3 Å². The number of hydrogen-bond acceptors (Lipinski definition) is 5. The number of aromatic nitrogens is 2. The zero-order valence-corrected chi connectivity index (χ0v) is 11.7. The molecular weight excluding hydrogens is 285 g/mol. The van der Waals surface area contributed by atoms with Gasteiger partial charge in [0.1, 0.15) is 5.82 Å². The van der Waals surface area contributed by atoms with Crippen molar-refractivity contribution in [2.45, 2.75) is 38.5 Å². The van der Waals surface area contributed by atoms with Crippen LogP contribution in [0.3, 0.4) is 0 Å². The highest BCUT2D eigenvalue weighted by atomic mass is 19.4. The average molecular weight is 304 g/mol. The summed E-state index contributed by atoms with van der Waals surface area (Å²) < 4.78 is 38.4. The quantitative estimate of drug-likeness (QED) is 0.780. The van der Waals surface area contributed by atoms with E-state index in [1.807, 2.05) is 0 Å². The third-order valence-electron chi connectivity index (χ3n) is 3.52. The summed E-state index contributed by atoms with van der Waals surface area (Å²) in [6, 6.07) is 0.891. The Morgan fingerprint density at radius 1 is 1.29 bits per heavy atom. The number of alkyl halides is 3. The minimum absolute atomic E-state index is 0.0527. The van der Waals surface area contributed by atoms with Gasteiger partial charge in [0, 0.05) is 25.1 Å². The molecule has 0 amide bonds. The van der Waals surface area contributed by atoms with Crippen molar-refractivity contribution in [2.75, 3.05) is 23.7 Å². The van der Waals surface area contributed by atoms with E-state index in [2.05, 4.69) is 20.6 Å². The van der Waals surface area contributed by atoms with Crippen LogP contribution < -0.4 is 10.6 Å². The molecule has 8 heteroatoms. The molecule has 2 rings (SSSR count). The SMILES string of the molecule is CCNc1nc(NCC2CCCC2O)cc(C(F)(F)F)n1. The second kappa shape index (κ2) is 6.46. The van der Waals surface area contributed by atoms with Crippen LogP contribution in [-0.2, 0) is 6.18 Å². The topological polar surface area (TPSA) is 70.1 Å². The number of nitrogens with zero attached hydrogens (tertiary/aromatic N) is 2. The van der Waals surface area contributed by atoms with E-state index >= 15 is 0 Å². The van der Waals surface area contributed by atoms with Gasteiger partial charge in [0.25, 0.3) is 0 Å². The summed E-state index contributed by atoms with van der Waals surface area (Å²) in [5, 5.41) is 15.3. The van der Waals surface area contributed by atoms with Gasteiger partial charge in [0.05, 0.1) is 6.10 Å². The van der Waals surface area contributed by atoms with Crippen molar-refractivity contribution in [1.29, 1.82) is 0 Å². The first kappa shape index (κ1) is 15.8. The lowest BCUT2D eigenvalue weighted by atomic mass is 10.1. The number of aliphatic hydroxyl groups excluding tert-OH is 1. The minimum atomic E-state index is -4.52. The lowest BCUT2D eigenvalue weighted by molar-refractivity contribution is -0.141. The molecule has 1 saturated carbocycles. The van der Waals surface area contributed by atoms with Crippen LogP contribution in [0.25, 0.3) is 0 Å². The maximum atomic E-state index is 12.8. The highest BCUT2D eigenvalue weighted by Crippen LogP contribution is 2.30. The summed E-state index contributed by atoms with van der Waals surface area (Å²) in [5.41, 5.74) is -0.983. The normalized spacial score (nSPS) is 22.3. The molecule has 3 N–H and O–H groups in total. The van der Waals surface area contributed by atoms with Gasteiger partial charge in [-0.3, -0.25) is 0 Å². The van der Waals surface area contributed by atoms with E-state index in [-0.39, 0.29) is 17.7 Å². The smallest absolute Gasteiger partial charge is 0.393 e. The van der Waals surface area contributed by atoms with Crippen molar-refractivity contribution in [3.8, 4) is 0 Å². The fraction of sp³-hybridized carbons (Fsp3) is 0.692. The van der Waals surface area contributed by atoms with E-state index in [1.165, 1.54) is 0 Å². The molecule has 1 fully saturated rings. The Bertz CT molecular complexity index is 481. The number of halogens is 3. The largest absolute Gasteiger partial charge is 0.433 e. The molecule has 0 bridgehead atoms. The Kier molecular flexibility index (Phi) is 4.87. The molecule has 1 aliphatic carbocycles. The molecule has 0 saturated heterocycles. The summed E-state index contributed by atoms with van der Waals surface area (Å²) in [4.78, 5) is 7.46. The van der Waals surface area contributed by atoms with Crippen molar-refractivity contribution in [2.24, 2.45) is 5.92 Å². The Hall–Kier alpha value is -1.57. The maximum Gasteiger partial charge on any atom is 0.433 e. The van der Waals surface area contributed by atoms with Crippen LogP contribution in [0, 0.1) is 5.92 Å². The van der Waals surface area contributed by atoms with Crippen LogP contribution in [0.4, 0.5) is 24.9 Å². The van der Waals surface area contributed by atoms with Crippen LogP contribution in [0.1, 0.15) is 31.9 Å². The van der Waals surface area contributed by atoms with Crippen LogP contribution >= 0.6 is 0 Å². The van der Waals surface area contributed by atoms with Gasteiger partial charge in [-0.15, -0.1) is 0 Å². The number of anilines is 2. The standard InChI is InChI=1S/C13H19F3N4O/c1-2-17-12-19-10(13(14,15)16)6-11(20-12)18-7-8-4-3-5-9(8)21/h6,8-9,21H,2-5,7H2,1H3,(H2,17,18,19,20). The van der Waals surface area contributed by atoms with Gasteiger partial charge in [0.2, 0.25) is 5.95 Å². The van der Waals surface area contributed by atoms with Crippen molar-refractivity contribution in [1.82, 2.24) is 9.97 Å². The van der Waals surface area contributed by atoms with Gasteiger partial charge in [-0.05, 0) is 19.8 Å². The Morgan fingerprint density at radius 3 is 2.62 bits per heavy atom. The van der Waals surface area contributed by atoms with Crippen molar-refractivity contribution in [3.05, 3.63) is 11.8 Å². The second-order valence-electron chi connectivity index (χ2n) is 5.13. The highest BCUT2D eigenvalue weighted by Gasteiger charge is 2.34. The number of nitrogens with one attached hydrogen (secondary N) is 2. The molecule has 118 valence electrons. The summed E-state index contributed by atoms with van der Waals surface area (Å²) in [6.45, 7) is 2.59. The van der Waals surface area contributed by atoms with Gasteiger partial charge in [0.15, 0.2) is 5.69 Å². The van der Waals surface area contributed by atoms with Gasteiger partial charge < -0.3 is 15.7 Å². The maximum absolute atomic E-state index is 12.8. The molecule has 1 aliphatic rings. The third-order valence-corrected chi connectivity index (χ3v) is 3.52. The molecule has 0 spiro atoms. The zero-order chi connectivity index (χ0) is 15.5. The molecule has 2 unspecified atom stereocenters. The molecule has 1 heterocycles. The fourth-order valence-electron chi connectivity index (χ4n) is 2.41. The molecule has 1 aromatic heterocycles. The van der Waals surface area contributed by atoms with Crippen LogP contribution in [0.5, 0.6) is 0 Å². The Balaban J connectivity index is 2.11. The first-order valence-corrected chi connectivity index (χ1v) is 7.02. The first-order chi connectivity index (χ1) is 9.90. The van der Waals surface area contributed by atoms with Gasteiger partial charge in [-0.2, -0.15) is 18.2 Å².